The van der Waals surface area contributed by atoms with Gasteiger partial charge in [-0.25, -0.2) is 4.98 Å². The van der Waals surface area contributed by atoms with E-state index in [0.29, 0.717) is 5.16 Å². The number of carbonyl (C=O) groups excluding carboxylic acids is 2. The summed E-state index contributed by atoms with van der Waals surface area (Å²) in [4.78, 5) is 29.1. The quantitative estimate of drug-likeness (QED) is 0.579. The van der Waals surface area contributed by atoms with Gasteiger partial charge in [0.25, 0.3) is 0 Å². The number of carbonyl (C=O) groups is 2. The van der Waals surface area contributed by atoms with Crippen molar-refractivity contribution in [1.29, 1.82) is 0 Å². The van der Waals surface area contributed by atoms with Gasteiger partial charge in [-0.3, -0.25) is 9.59 Å². The molecule has 27 heavy (non-hydrogen) atoms. The number of fused-ring (bicyclic) bond motifs is 1. The number of hydrogen-bond acceptors (Lipinski definition) is 5. The van der Waals surface area contributed by atoms with Gasteiger partial charge in [-0.1, -0.05) is 30.3 Å². The minimum atomic E-state index is -0.211. The minimum absolute atomic E-state index is 0.0579. The molecule has 1 aliphatic rings. The maximum atomic E-state index is 12.3. The van der Waals surface area contributed by atoms with Crippen LogP contribution in [0.3, 0.4) is 0 Å². The molecule has 146 valence electrons. The lowest BCUT2D eigenvalue weighted by atomic mass is 9.98. The molecule has 1 aromatic heterocycles. The molecule has 1 N–H and O–H groups in total. The Labute approximate surface area is 164 Å². The molecule has 1 heterocycles. The van der Waals surface area contributed by atoms with Crippen LogP contribution in [-0.2, 0) is 20.9 Å². The van der Waals surface area contributed by atoms with Crippen LogP contribution < -0.4 is 5.32 Å². The zero-order valence-corrected chi connectivity index (χ0v) is 16.8. The molecule has 1 aromatic carbocycles. The van der Waals surface area contributed by atoms with Crippen LogP contribution in [-0.4, -0.2) is 39.3 Å². The van der Waals surface area contributed by atoms with Gasteiger partial charge in [-0.05, 0) is 51.7 Å². The molecule has 0 atom stereocenters. The minimum Gasteiger partial charge on any atom is -0.462 e. The van der Waals surface area contributed by atoms with E-state index in [9.17, 15) is 9.59 Å². The van der Waals surface area contributed by atoms with Gasteiger partial charge in [0.15, 0.2) is 5.16 Å². The lowest BCUT2D eigenvalue weighted by Gasteiger charge is -2.21. The first-order chi connectivity index (χ1) is 13.0. The number of hydrogen-bond donors (Lipinski definition) is 1. The van der Waals surface area contributed by atoms with Crippen molar-refractivity contribution in [3.63, 3.8) is 0 Å². The van der Waals surface area contributed by atoms with Crippen LogP contribution in [0.1, 0.15) is 46.0 Å². The normalized spacial score (nSPS) is 15.2. The SMILES string of the molecule is CC(C)NC(=O)Cn1c(SCC(=O)OC2CCCCC2)nc2ccccc21. The first-order valence-electron chi connectivity index (χ1n) is 9.60. The molecule has 0 saturated heterocycles. The Hall–Kier alpha value is -2.02. The molecule has 1 saturated carbocycles. The number of thioether (sulfide) groups is 1. The van der Waals surface area contributed by atoms with E-state index in [2.05, 4.69) is 10.3 Å². The monoisotopic (exact) mass is 389 g/mol. The number of benzene rings is 1. The Kier molecular flexibility index (Phi) is 6.77. The number of aromatic nitrogens is 2. The summed E-state index contributed by atoms with van der Waals surface area (Å²) in [6.45, 7) is 4.04. The van der Waals surface area contributed by atoms with Crippen LogP contribution in [0.4, 0.5) is 0 Å². The predicted molar refractivity (Wildman–Crippen MR) is 107 cm³/mol. The summed E-state index contributed by atoms with van der Waals surface area (Å²) in [5.41, 5.74) is 1.71. The highest BCUT2D eigenvalue weighted by atomic mass is 32.2. The molecule has 0 radical (unpaired) electrons. The standard InChI is InChI=1S/C20H27N3O3S/c1-14(2)21-18(24)12-23-17-11-7-6-10-16(17)22-20(23)27-13-19(25)26-15-8-4-3-5-9-15/h6-7,10-11,14-15H,3-5,8-9,12-13H2,1-2H3,(H,21,24). The number of esters is 1. The van der Waals surface area contributed by atoms with Crippen molar-refractivity contribution >= 4 is 34.7 Å². The van der Waals surface area contributed by atoms with Crippen LogP contribution in [0.25, 0.3) is 11.0 Å². The number of ether oxygens (including phenoxy) is 1. The first kappa shape index (κ1) is 19.7. The van der Waals surface area contributed by atoms with Crippen molar-refractivity contribution in [1.82, 2.24) is 14.9 Å². The highest BCUT2D eigenvalue weighted by Crippen LogP contribution is 2.25. The van der Waals surface area contributed by atoms with Crippen LogP contribution in [0.2, 0.25) is 0 Å². The number of imidazole rings is 1. The molecule has 1 aliphatic carbocycles. The molecule has 2 aromatic rings. The third kappa shape index (κ3) is 5.48. The van der Waals surface area contributed by atoms with Gasteiger partial charge >= 0.3 is 5.97 Å². The Bertz CT molecular complexity index is 797. The van der Waals surface area contributed by atoms with Crippen LogP contribution in [0.5, 0.6) is 0 Å². The summed E-state index contributed by atoms with van der Waals surface area (Å²) in [6, 6.07) is 7.77. The summed E-state index contributed by atoms with van der Waals surface area (Å²) in [6.07, 6.45) is 5.47. The molecule has 0 spiro atoms. The summed E-state index contributed by atoms with van der Waals surface area (Å²) < 4.78 is 7.45. The number of para-hydroxylation sites is 2. The molecular weight excluding hydrogens is 362 g/mol. The van der Waals surface area contributed by atoms with E-state index < -0.39 is 0 Å². The van der Waals surface area contributed by atoms with E-state index in [4.69, 9.17) is 4.74 Å². The van der Waals surface area contributed by atoms with Crippen molar-refractivity contribution in [3.05, 3.63) is 24.3 Å². The van der Waals surface area contributed by atoms with Gasteiger partial charge in [0.05, 0.1) is 16.8 Å². The lowest BCUT2D eigenvalue weighted by Crippen LogP contribution is -2.33. The number of nitrogens with one attached hydrogen (secondary N) is 1. The Morgan fingerprint density at radius 3 is 2.74 bits per heavy atom. The molecule has 1 amide bonds. The van der Waals surface area contributed by atoms with E-state index in [-0.39, 0.29) is 36.3 Å². The van der Waals surface area contributed by atoms with Crippen molar-refractivity contribution < 1.29 is 14.3 Å². The van der Waals surface area contributed by atoms with Gasteiger partial charge in [0.1, 0.15) is 12.6 Å². The van der Waals surface area contributed by atoms with Gasteiger partial charge in [-0.2, -0.15) is 0 Å². The fraction of sp³-hybridized carbons (Fsp3) is 0.550. The molecule has 6 nitrogen and oxygen atoms in total. The molecule has 3 rings (SSSR count). The second-order valence-electron chi connectivity index (χ2n) is 7.23. The average molecular weight is 390 g/mol. The maximum Gasteiger partial charge on any atom is 0.316 e. The fourth-order valence-corrected chi connectivity index (χ4v) is 4.15. The topological polar surface area (TPSA) is 73.2 Å². The molecule has 0 unspecified atom stereocenters. The van der Waals surface area contributed by atoms with Crippen molar-refractivity contribution in [2.24, 2.45) is 0 Å². The van der Waals surface area contributed by atoms with E-state index >= 15 is 0 Å². The second-order valence-corrected chi connectivity index (χ2v) is 8.17. The molecule has 0 aliphatic heterocycles. The zero-order chi connectivity index (χ0) is 19.2. The van der Waals surface area contributed by atoms with Gasteiger partial charge in [-0.15, -0.1) is 0 Å². The van der Waals surface area contributed by atoms with E-state index in [1.54, 1.807) is 0 Å². The molecular formula is C20H27N3O3S. The lowest BCUT2D eigenvalue weighted by molar-refractivity contribution is -0.147. The van der Waals surface area contributed by atoms with Crippen LogP contribution >= 0.6 is 11.8 Å². The first-order valence-corrected chi connectivity index (χ1v) is 10.6. The van der Waals surface area contributed by atoms with Crippen LogP contribution in [0, 0.1) is 0 Å². The summed E-state index contributed by atoms with van der Waals surface area (Å²) in [5.74, 6) is -0.0806. The highest BCUT2D eigenvalue weighted by molar-refractivity contribution is 7.99. The second kappa shape index (κ2) is 9.26. The average Bonchev–Trinajstić information content (AvgIpc) is 2.98. The summed E-state index contributed by atoms with van der Waals surface area (Å²) >= 11 is 1.33. The Morgan fingerprint density at radius 1 is 1.26 bits per heavy atom. The number of nitrogens with zero attached hydrogens (tertiary/aromatic N) is 2. The number of rotatable bonds is 7. The summed E-state index contributed by atoms with van der Waals surface area (Å²) in [7, 11) is 0. The van der Waals surface area contributed by atoms with Gasteiger partial charge < -0.3 is 14.6 Å². The van der Waals surface area contributed by atoms with E-state index in [1.807, 2.05) is 42.7 Å². The Balaban J connectivity index is 1.68. The third-order valence-electron chi connectivity index (χ3n) is 4.54. The van der Waals surface area contributed by atoms with E-state index in [0.717, 1.165) is 36.7 Å². The third-order valence-corrected chi connectivity index (χ3v) is 5.49. The predicted octanol–water partition coefficient (Wildman–Crippen LogP) is 3.53. The largest absolute Gasteiger partial charge is 0.462 e. The van der Waals surface area contributed by atoms with Crippen molar-refractivity contribution in [2.75, 3.05) is 5.75 Å². The van der Waals surface area contributed by atoms with E-state index in [1.165, 1.54) is 18.2 Å². The van der Waals surface area contributed by atoms with Crippen molar-refractivity contribution in [2.45, 2.75) is 69.8 Å². The highest BCUT2D eigenvalue weighted by Gasteiger charge is 2.20. The maximum absolute atomic E-state index is 12.3. The summed E-state index contributed by atoms with van der Waals surface area (Å²) in [5, 5.41) is 3.57. The Morgan fingerprint density at radius 2 is 2.00 bits per heavy atom. The molecule has 7 heteroatoms. The fourth-order valence-electron chi connectivity index (χ4n) is 3.35. The molecule has 1 fully saturated rings. The molecule has 0 bridgehead atoms. The van der Waals surface area contributed by atoms with Gasteiger partial charge in [0.2, 0.25) is 5.91 Å². The van der Waals surface area contributed by atoms with Gasteiger partial charge in [0, 0.05) is 6.04 Å². The zero-order valence-electron chi connectivity index (χ0n) is 15.9. The van der Waals surface area contributed by atoms with Crippen LogP contribution in [0.15, 0.2) is 29.4 Å². The number of amides is 1. The van der Waals surface area contributed by atoms with Crippen molar-refractivity contribution in [3.8, 4) is 0 Å². The smallest absolute Gasteiger partial charge is 0.316 e.